The van der Waals surface area contributed by atoms with Gasteiger partial charge in [-0.3, -0.25) is 0 Å². The number of hydrogen-bond acceptors (Lipinski definition) is 5. The van der Waals surface area contributed by atoms with Gasteiger partial charge in [0.1, 0.15) is 0 Å². The Labute approximate surface area is 104 Å². The van der Waals surface area contributed by atoms with Crippen molar-refractivity contribution < 1.29 is 18.3 Å². The molecule has 0 aliphatic rings. The highest BCUT2D eigenvalue weighted by Crippen LogP contribution is 2.17. The number of rotatable bonds is 5. The Kier molecular flexibility index (Phi) is 4.96. The number of alkyl halides is 2. The van der Waals surface area contributed by atoms with Crippen LogP contribution in [0.5, 0.6) is 0 Å². The molecule has 0 radical (unpaired) electrons. The molecule has 100 valence electrons. The Hall–Kier alpha value is -1.76. The molecule has 0 bridgehead atoms. The predicted octanol–water partition coefficient (Wildman–Crippen LogP) is 1.99. The molecule has 2 N–H and O–H groups in total. The van der Waals surface area contributed by atoms with Gasteiger partial charge in [-0.2, -0.15) is 8.78 Å². The molecule has 0 unspecified atom stereocenters. The monoisotopic (exact) mass is 259 g/mol. The minimum atomic E-state index is -2.97. The van der Waals surface area contributed by atoms with Crippen LogP contribution in [0.3, 0.4) is 0 Å². The topological polar surface area (TPSA) is 70.3 Å². The van der Waals surface area contributed by atoms with Gasteiger partial charge >= 0.3 is 6.61 Å². The number of halogens is 2. The first-order valence-corrected chi connectivity index (χ1v) is 5.22. The molecule has 0 spiro atoms. The summed E-state index contributed by atoms with van der Waals surface area (Å²) < 4.78 is 33.0. The van der Waals surface area contributed by atoms with E-state index in [9.17, 15) is 8.78 Å². The number of hydrogen-bond donors (Lipinski definition) is 1. The Morgan fingerprint density at radius 2 is 2.17 bits per heavy atom. The minimum absolute atomic E-state index is 0.192. The molecule has 1 rings (SSSR count). The van der Waals surface area contributed by atoms with E-state index in [1.807, 2.05) is 13.8 Å². The second kappa shape index (κ2) is 6.25. The molecule has 0 amide bonds. The van der Waals surface area contributed by atoms with Crippen molar-refractivity contribution in [1.29, 1.82) is 0 Å². The van der Waals surface area contributed by atoms with Crippen LogP contribution < -0.4 is 5.73 Å². The molecular formula is C11H15F2N3O2. The van der Waals surface area contributed by atoms with Crippen molar-refractivity contribution in [3.05, 3.63) is 29.2 Å². The minimum Gasteiger partial charge on any atom is -0.419 e. The summed E-state index contributed by atoms with van der Waals surface area (Å²) in [5, 5.41) is 0. The van der Waals surface area contributed by atoms with Crippen molar-refractivity contribution in [2.24, 2.45) is 5.73 Å². The van der Waals surface area contributed by atoms with E-state index < -0.39 is 12.5 Å². The van der Waals surface area contributed by atoms with Gasteiger partial charge in [-0.15, -0.1) is 0 Å². The molecule has 0 saturated carbocycles. The quantitative estimate of drug-likeness (QED) is 0.819. The summed E-state index contributed by atoms with van der Waals surface area (Å²) in [6.07, 6.45) is 2.48. The van der Waals surface area contributed by atoms with Crippen LogP contribution in [0.2, 0.25) is 0 Å². The predicted molar refractivity (Wildman–Crippen MR) is 61.4 cm³/mol. The maximum atomic E-state index is 11.9. The summed E-state index contributed by atoms with van der Waals surface area (Å²) in [5.74, 6) is -0.248. The first kappa shape index (κ1) is 14.3. The number of nitrogens with two attached hydrogens (primary N) is 1. The zero-order chi connectivity index (χ0) is 13.7. The molecule has 5 nitrogen and oxygen atoms in total. The van der Waals surface area contributed by atoms with Crippen molar-refractivity contribution in [3.63, 3.8) is 0 Å². The van der Waals surface area contributed by atoms with Crippen molar-refractivity contribution in [2.75, 3.05) is 7.11 Å². The standard InChI is InChI=1S/C11H15F2N3O2/c1-6-5-15-9(4-8(14)18-11(12)13)16-10(6)7(2)17-3/h4-5,7,11H,14H2,1-3H3/t7-/m0/s1. The zero-order valence-corrected chi connectivity index (χ0v) is 10.4. The lowest BCUT2D eigenvalue weighted by Crippen LogP contribution is -2.09. The molecule has 1 heterocycles. The Morgan fingerprint density at radius 1 is 1.50 bits per heavy atom. The third-order valence-corrected chi connectivity index (χ3v) is 2.26. The molecule has 1 aromatic rings. The molecule has 1 aromatic heterocycles. The maximum absolute atomic E-state index is 11.9. The van der Waals surface area contributed by atoms with E-state index in [2.05, 4.69) is 14.7 Å². The van der Waals surface area contributed by atoms with Crippen molar-refractivity contribution >= 4 is 6.08 Å². The molecular weight excluding hydrogens is 244 g/mol. The van der Waals surface area contributed by atoms with Gasteiger partial charge in [-0.05, 0) is 19.4 Å². The van der Waals surface area contributed by atoms with Crippen LogP contribution in [0.15, 0.2) is 12.1 Å². The fraction of sp³-hybridized carbons (Fsp3) is 0.455. The highest BCUT2D eigenvalue weighted by molar-refractivity contribution is 5.42. The maximum Gasteiger partial charge on any atom is 0.388 e. The SMILES string of the molecule is CO[C@@H](C)c1nc(C=C(N)OC(F)F)ncc1C. The van der Waals surface area contributed by atoms with Crippen LogP contribution in [0.4, 0.5) is 8.78 Å². The summed E-state index contributed by atoms with van der Waals surface area (Å²) >= 11 is 0. The van der Waals surface area contributed by atoms with Gasteiger partial charge in [0.05, 0.1) is 11.8 Å². The van der Waals surface area contributed by atoms with Gasteiger partial charge in [0.2, 0.25) is 0 Å². The number of ether oxygens (including phenoxy) is 2. The Bertz CT molecular complexity index is 438. The highest BCUT2D eigenvalue weighted by Gasteiger charge is 2.11. The molecule has 0 aromatic carbocycles. The fourth-order valence-electron chi connectivity index (χ4n) is 1.33. The smallest absolute Gasteiger partial charge is 0.388 e. The van der Waals surface area contributed by atoms with Crippen molar-refractivity contribution in [2.45, 2.75) is 26.6 Å². The van der Waals surface area contributed by atoms with Crippen LogP contribution >= 0.6 is 0 Å². The van der Waals surface area contributed by atoms with Gasteiger partial charge in [0.25, 0.3) is 0 Å². The van der Waals surface area contributed by atoms with E-state index in [-0.39, 0.29) is 11.9 Å². The van der Waals surface area contributed by atoms with Gasteiger partial charge in [0, 0.05) is 19.4 Å². The number of aromatic nitrogens is 2. The Balaban J connectivity index is 2.98. The third kappa shape index (κ3) is 3.92. The second-order valence-corrected chi connectivity index (χ2v) is 3.60. The van der Waals surface area contributed by atoms with Crippen LogP contribution in [0.1, 0.15) is 30.1 Å². The molecule has 0 aliphatic heterocycles. The van der Waals surface area contributed by atoms with Crippen LogP contribution in [0, 0.1) is 6.92 Å². The zero-order valence-electron chi connectivity index (χ0n) is 10.4. The molecule has 0 aliphatic carbocycles. The largest absolute Gasteiger partial charge is 0.419 e. The molecule has 0 saturated heterocycles. The lowest BCUT2D eigenvalue weighted by Gasteiger charge is -2.12. The normalized spacial score (nSPS) is 13.8. The number of methoxy groups -OCH3 is 1. The van der Waals surface area contributed by atoms with Crippen molar-refractivity contribution in [1.82, 2.24) is 9.97 Å². The van der Waals surface area contributed by atoms with E-state index >= 15 is 0 Å². The summed E-state index contributed by atoms with van der Waals surface area (Å²) in [7, 11) is 1.55. The van der Waals surface area contributed by atoms with Crippen LogP contribution in [-0.2, 0) is 9.47 Å². The molecule has 7 heteroatoms. The van der Waals surface area contributed by atoms with E-state index in [0.717, 1.165) is 11.6 Å². The summed E-state index contributed by atoms with van der Waals surface area (Å²) in [6, 6.07) is 0. The highest BCUT2D eigenvalue weighted by atomic mass is 19.3. The molecule has 0 fully saturated rings. The van der Waals surface area contributed by atoms with E-state index in [1.54, 1.807) is 13.3 Å². The lowest BCUT2D eigenvalue weighted by molar-refractivity contribution is -0.0957. The fourth-order valence-corrected chi connectivity index (χ4v) is 1.33. The summed E-state index contributed by atoms with van der Waals surface area (Å²) in [6.45, 7) is 0.684. The average molecular weight is 259 g/mol. The summed E-state index contributed by atoms with van der Waals surface area (Å²) in [4.78, 5) is 8.13. The second-order valence-electron chi connectivity index (χ2n) is 3.60. The number of nitrogens with zero attached hydrogens (tertiary/aromatic N) is 2. The third-order valence-electron chi connectivity index (χ3n) is 2.26. The van der Waals surface area contributed by atoms with Crippen LogP contribution in [-0.4, -0.2) is 23.7 Å². The van der Waals surface area contributed by atoms with E-state index in [0.29, 0.717) is 5.69 Å². The van der Waals surface area contributed by atoms with Crippen molar-refractivity contribution in [3.8, 4) is 0 Å². The van der Waals surface area contributed by atoms with E-state index in [4.69, 9.17) is 10.5 Å². The average Bonchev–Trinajstić information content (AvgIpc) is 2.29. The molecule has 1 atom stereocenters. The van der Waals surface area contributed by atoms with E-state index in [1.165, 1.54) is 0 Å². The summed E-state index contributed by atoms with van der Waals surface area (Å²) in [5.41, 5.74) is 6.76. The first-order valence-electron chi connectivity index (χ1n) is 5.22. The van der Waals surface area contributed by atoms with Crippen LogP contribution in [0.25, 0.3) is 6.08 Å². The number of aryl methyl sites for hydroxylation is 1. The first-order chi connectivity index (χ1) is 8.43. The Morgan fingerprint density at radius 3 is 2.72 bits per heavy atom. The molecule has 18 heavy (non-hydrogen) atoms. The van der Waals surface area contributed by atoms with Gasteiger partial charge in [-0.25, -0.2) is 9.97 Å². The lowest BCUT2D eigenvalue weighted by atomic mass is 10.2. The van der Waals surface area contributed by atoms with Gasteiger partial charge < -0.3 is 15.2 Å². The van der Waals surface area contributed by atoms with Gasteiger partial charge in [-0.1, -0.05) is 0 Å². The van der Waals surface area contributed by atoms with Gasteiger partial charge in [0.15, 0.2) is 11.7 Å².